The lowest BCUT2D eigenvalue weighted by Crippen LogP contribution is -2.39. The fourth-order valence-corrected chi connectivity index (χ4v) is 2.90. The Morgan fingerprint density at radius 1 is 1.35 bits per heavy atom. The van der Waals surface area contributed by atoms with E-state index in [0.29, 0.717) is 6.61 Å². The Morgan fingerprint density at radius 2 is 2.00 bits per heavy atom. The van der Waals surface area contributed by atoms with Crippen molar-refractivity contribution in [2.75, 3.05) is 40.0 Å². The van der Waals surface area contributed by atoms with Gasteiger partial charge in [0, 0.05) is 38.3 Å². The monoisotopic (exact) mass is 243 g/mol. The van der Waals surface area contributed by atoms with Crippen molar-refractivity contribution in [3.8, 4) is 0 Å². The second-order valence-corrected chi connectivity index (χ2v) is 5.97. The fraction of sp³-hybridized carbons (Fsp3) is 1.00. The maximum absolute atomic E-state index is 9.52. The lowest BCUT2D eigenvalue weighted by molar-refractivity contribution is 0.0413. The van der Waals surface area contributed by atoms with Gasteiger partial charge in [0.2, 0.25) is 0 Å². The summed E-state index contributed by atoms with van der Waals surface area (Å²) in [6.45, 7) is 8.65. The van der Waals surface area contributed by atoms with Crippen LogP contribution in [0.5, 0.6) is 0 Å². The molecular formula is C14H29NO2. The Labute approximate surface area is 106 Å². The largest absolute Gasteiger partial charge is 0.396 e. The lowest BCUT2D eigenvalue weighted by Gasteiger charge is -2.34. The number of aliphatic hydroxyl groups is 1. The fourth-order valence-electron chi connectivity index (χ4n) is 2.90. The molecule has 0 aromatic heterocycles. The van der Waals surface area contributed by atoms with E-state index in [9.17, 15) is 5.11 Å². The summed E-state index contributed by atoms with van der Waals surface area (Å²) < 4.78 is 5.38. The van der Waals surface area contributed by atoms with Crippen LogP contribution in [-0.4, -0.2) is 50.0 Å². The van der Waals surface area contributed by atoms with Gasteiger partial charge in [-0.15, -0.1) is 0 Å². The Balaban J connectivity index is 2.33. The molecule has 1 unspecified atom stereocenters. The minimum Gasteiger partial charge on any atom is -0.396 e. The Bertz CT molecular complexity index is 204. The molecule has 1 saturated heterocycles. The van der Waals surface area contributed by atoms with Crippen LogP contribution in [0.25, 0.3) is 0 Å². The van der Waals surface area contributed by atoms with Crippen LogP contribution in [-0.2, 0) is 4.74 Å². The smallest absolute Gasteiger partial charge is 0.0497 e. The zero-order chi connectivity index (χ0) is 12.7. The van der Waals surface area contributed by atoms with Crippen LogP contribution >= 0.6 is 0 Å². The van der Waals surface area contributed by atoms with Crippen LogP contribution < -0.4 is 0 Å². The highest BCUT2D eigenvalue weighted by Crippen LogP contribution is 2.24. The van der Waals surface area contributed by atoms with Gasteiger partial charge in [-0.05, 0) is 32.2 Å². The van der Waals surface area contributed by atoms with Gasteiger partial charge in [0.05, 0.1) is 0 Å². The molecule has 17 heavy (non-hydrogen) atoms. The Kier molecular flexibility index (Phi) is 6.45. The number of hydrogen-bond donors (Lipinski definition) is 1. The SMILES string of the molecule is CCCC(C)(CO)CN(C)CC1CCOCC1. The van der Waals surface area contributed by atoms with Crippen LogP contribution in [0.2, 0.25) is 0 Å². The summed E-state index contributed by atoms with van der Waals surface area (Å²) >= 11 is 0. The molecule has 1 fully saturated rings. The average molecular weight is 243 g/mol. The molecule has 1 heterocycles. The molecule has 1 rings (SSSR count). The third-order valence-electron chi connectivity index (χ3n) is 3.80. The first-order valence-corrected chi connectivity index (χ1v) is 6.97. The van der Waals surface area contributed by atoms with E-state index < -0.39 is 0 Å². The maximum Gasteiger partial charge on any atom is 0.0497 e. The molecule has 1 aliphatic rings. The summed E-state index contributed by atoms with van der Waals surface area (Å²) in [7, 11) is 2.18. The summed E-state index contributed by atoms with van der Waals surface area (Å²) in [5.41, 5.74) is 0.0642. The predicted octanol–water partition coefficient (Wildman–Crippen LogP) is 2.14. The van der Waals surface area contributed by atoms with Crippen LogP contribution in [0.15, 0.2) is 0 Å². The highest BCUT2D eigenvalue weighted by Gasteiger charge is 2.25. The van der Waals surface area contributed by atoms with Crippen molar-refractivity contribution in [3.63, 3.8) is 0 Å². The van der Waals surface area contributed by atoms with Crippen molar-refractivity contribution >= 4 is 0 Å². The van der Waals surface area contributed by atoms with Gasteiger partial charge >= 0.3 is 0 Å². The molecule has 3 nitrogen and oxygen atoms in total. The number of rotatable bonds is 7. The van der Waals surface area contributed by atoms with E-state index in [4.69, 9.17) is 4.74 Å². The summed E-state index contributed by atoms with van der Waals surface area (Å²) in [6, 6.07) is 0. The molecule has 0 spiro atoms. The zero-order valence-electron chi connectivity index (χ0n) is 11.7. The van der Waals surface area contributed by atoms with Crippen molar-refractivity contribution in [2.24, 2.45) is 11.3 Å². The van der Waals surface area contributed by atoms with Gasteiger partial charge in [0.25, 0.3) is 0 Å². The van der Waals surface area contributed by atoms with Crippen LogP contribution in [0.4, 0.5) is 0 Å². The highest BCUT2D eigenvalue weighted by atomic mass is 16.5. The number of nitrogens with zero attached hydrogens (tertiary/aromatic N) is 1. The molecule has 0 saturated carbocycles. The minimum atomic E-state index is 0.0642. The number of ether oxygens (including phenoxy) is 1. The molecule has 0 aromatic rings. The molecule has 0 radical (unpaired) electrons. The molecule has 0 aromatic carbocycles. The van der Waals surface area contributed by atoms with E-state index in [1.807, 2.05) is 0 Å². The van der Waals surface area contributed by atoms with Gasteiger partial charge in [-0.3, -0.25) is 0 Å². The van der Waals surface area contributed by atoms with E-state index in [1.165, 1.54) is 12.8 Å². The van der Waals surface area contributed by atoms with E-state index >= 15 is 0 Å². The first-order valence-electron chi connectivity index (χ1n) is 6.97. The van der Waals surface area contributed by atoms with Gasteiger partial charge in [0.15, 0.2) is 0 Å². The Morgan fingerprint density at radius 3 is 2.53 bits per heavy atom. The van der Waals surface area contributed by atoms with Crippen molar-refractivity contribution < 1.29 is 9.84 Å². The molecule has 0 amide bonds. The number of hydrogen-bond acceptors (Lipinski definition) is 3. The summed E-state index contributed by atoms with van der Waals surface area (Å²) in [4.78, 5) is 2.39. The topological polar surface area (TPSA) is 32.7 Å². The van der Waals surface area contributed by atoms with E-state index in [-0.39, 0.29) is 5.41 Å². The summed E-state index contributed by atoms with van der Waals surface area (Å²) in [6.07, 6.45) is 4.62. The van der Waals surface area contributed by atoms with Gasteiger partial charge < -0.3 is 14.7 Å². The average Bonchev–Trinajstić information content (AvgIpc) is 2.30. The second-order valence-electron chi connectivity index (χ2n) is 5.97. The maximum atomic E-state index is 9.52. The predicted molar refractivity (Wildman–Crippen MR) is 71.1 cm³/mol. The molecule has 1 aliphatic heterocycles. The normalized spacial score (nSPS) is 21.7. The van der Waals surface area contributed by atoms with E-state index in [0.717, 1.165) is 45.1 Å². The molecule has 0 bridgehead atoms. The summed E-state index contributed by atoms with van der Waals surface area (Å²) in [5, 5.41) is 9.52. The standard InChI is InChI=1S/C14H29NO2/c1-4-7-14(2,12-16)11-15(3)10-13-5-8-17-9-6-13/h13,16H,4-12H2,1-3H3. The third-order valence-corrected chi connectivity index (χ3v) is 3.80. The highest BCUT2D eigenvalue weighted by molar-refractivity contribution is 4.78. The molecule has 102 valence electrons. The molecule has 1 atom stereocenters. The van der Waals surface area contributed by atoms with Crippen molar-refractivity contribution in [2.45, 2.75) is 39.5 Å². The van der Waals surface area contributed by atoms with Crippen LogP contribution in [0.3, 0.4) is 0 Å². The second kappa shape index (κ2) is 7.34. The van der Waals surface area contributed by atoms with Crippen molar-refractivity contribution in [1.82, 2.24) is 4.90 Å². The zero-order valence-corrected chi connectivity index (χ0v) is 11.7. The number of aliphatic hydroxyl groups excluding tert-OH is 1. The quantitative estimate of drug-likeness (QED) is 0.743. The molecular weight excluding hydrogens is 214 g/mol. The Hall–Kier alpha value is -0.120. The van der Waals surface area contributed by atoms with Crippen LogP contribution in [0, 0.1) is 11.3 Å². The van der Waals surface area contributed by atoms with E-state index in [1.54, 1.807) is 0 Å². The minimum absolute atomic E-state index is 0.0642. The molecule has 3 heteroatoms. The van der Waals surface area contributed by atoms with Crippen molar-refractivity contribution in [3.05, 3.63) is 0 Å². The van der Waals surface area contributed by atoms with Gasteiger partial charge in [-0.2, -0.15) is 0 Å². The van der Waals surface area contributed by atoms with E-state index in [2.05, 4.69) is 25.8 Å². The summed E-state index contributed by atoms with van der Waals surface area (Å²) in [5.74, 6) is 0.776. The molecule has 1 N–H and O–H groups in total. The van der Waals surface area contributed by atoms with Gasteiger partial charge in [-0.25, -0.2) is 0 Å². The molecule has 0 aliphatic carbocycles. The van der Waals surface area contributed by atoms with Crippen molar-refractivity contribution in [1.29, 1.82) is 0 Å². The first-order chi connectivity index (χ1) is 8.09. The van der Waals surface area contributed by atoms with Crippen LogP contribution in [0.1, 0.15) is 39.5 Å². The lowest BCUT2D eigenvalue weighted by atomic mass is 9.85. The van der Waals surface area contributed by atoms with Gasteiger partial charge in [0.1, 0.15) is 0 Å². The third kappa shape index (κ3) is 5.36. The van der Waals surface area contributed by atoms with Gasteiger partial charge in [-0.1, -0.05) is 20.3 Å². The first kappa shape index (κ1) is 14.9.